The third-order valence-electron chi connectivity index (χ3n) is 16.2. The summed E-state index contributed by atoms with van der Waals surface area (Å²) in [7, 11) is 3.37. The van der Waals surface area contributed by atoms with Crippen LogP contribution in [0.15, 0.2) is 0 Å². The van der Waals surface area contributed by atoms with Crippen LogP contribution in [-0.4, -0.2) is 389 Å². The van der Waals surface area contributed by atoms with E-state index in [9.17, 15) is 102 Å². The second-order valence-corrected chi connectivity index (χ2v) is 22.4. The maximum Gasteiger partial charge on any atom is 0.187 e. The number of hydrogen-bond donors (Lipinski definition) is 20. The number of quaternary nitrogens is 1. The Bertz CT molecular complexity index is 2000. The fraction of sp³-hybridized carbons (Fsp3) is 1.00. The van der Waals surface area contributed by atoms with E-state index in [-0.39, 0.29) is 4.65 Å². The van der Waals surface area contributed by atoms with Crippen molar-refractivity contribution in [3.05, 3.63) is 0 Å². The molecule has 0 amide bonds. The fourth-order valence-electron chi connectivity index (χ4n) is 11.3. The molecule has 21 fully saturated rings. The average molecular weight is 1240 g/mol. The molecule has 0 radical (unpaired) electrons. The van der Waals surface area contributed by atoms with Crippen molar-refractivity contribution in [1.29, 1.82) is 0 Å². The molecule has 490 valence electrons. The molecule has 20 N–H and O–H groups in total. The molecule has 21 aliphatic heterocycles. The lowest BCUT2D eigenvalue weighted by molar-refractivity contribution is -1.08. The fourth-order valence-corrected chi connectivity index (χ4v) is 11.3. The largest absolute Gasteiger partial charge is 0.394 e. The van der Waals surface area contributed by atoms with Crippen molar-refractivity contribution in [2.45, 2.75) is 235 Å². The Morgan fingerprint density at radius 2 is 0.452 bits per heavy atom. The summed E-state index contributed by atoms with van der Waals surface area (Å²) >= 11 is 0. The highest BCUT2D eigenvalue weighted by Gasteiger charge is 2.60. The second-order valence-electron chi connectivity index (χ2n) is 22.4. The minimum Gasteiger partial charge on any atom is -0.394 e. The molecule has 14 bridgehead atoms. The highest BCUT2D eigenvalue weighted by Crippen LogP contribution is 2.39. The lowest BCUT2D eigenvalue weighted by atomic mass is 9.95. The van der Waals surface area contributed by atoms with Crippen LogP contribution in [0.25, 0.3) is 0 Å². The van der Waals surface area contributed by atoms with Gasteiger partial charge in [-0.15, -0.1) is 0 Å². The number of hydrogen-bond acceptors (Lipinski definition) is 35. The molecule has 36 heteroatoms. The molecule has 0 spiro atoms. The Balaban J connectivity index is 1.10. The summed E-state index contributed by atoms with van der Waals surface area (Å²) in [5, 5.41) is 223. The molecule has 0 aliphatic carbocycles. The van der Waals surface area contributed by atoms with Crippen molar-refractivity contribution in [2.75, 3.05) is 66.9 Å². The minimum atomic E-state index is -2.21. The van der Waals surface area contributed by atoms with Gasteiger partial charge in [-0.1, -0.05) is 13.3 Å². The molecule has 0 unspecified atom stereocenters. The van der Waals surface area contributed by atoms with Gasteiger partial charge in [0.25, 0.3) is 0 Å². The molecule has 35 atom stereocenters. The molecular formula is C48H84NO35+. The van der Waals surface area contributed by atoms with Gasteiger partial charge in [-0.25, -0.2) is 4.84 Å². The zero-order valence-electron chi connectivity index (χ0n) is 45.8. The van der Waals surface area contributed by atoms with Crippen LogP contribution in [0.4, 0.5) is 0 Å². The SMILES string of the molecule is CCCC[N+](C)(C)OC[C@H]1O[C@@H]2O[C@H]3[C@H](O)[C@H](O)[C@@H](O[C@H]4[C@H](O)[C@H](O)[C@@H](O[C@H]5[C@H](O)[C@@H](O)[C@@H](O[C@H]6[C@H](O)[C@@H](O)[C@@H](O[C@H]7[C@H](O)[C@@H](O)[C@@H](O[C@H]8[C@H](O)[C@@H](O)[C@@H](O[C@H]1[C@H](O)[C@H]2O)O[C@@H]8CO)O[C@@H]7CO)O[C@@H]6CO)O[C@@H]5CO)O[C@@H]4CO)O[C@@H]3CO. The van der Waals surface area contributed by atoms with Crippen LogP contribution in [0.1, 0.15) is 19.8 Å². The molecule has 21 heterocycles. The van der Waals surface area contributed by atoms with Crippen molar-refractivity contribution in [2.24, 2.45) is 0 Å². The Labute approximate surface area is 478 Å². The van der Waals surface area contributed by atoms with Gasteiger partial charge in [-0.3, -0.25) is 0 Å². The Morgan fingerprint density at radius 1 is 0.274 bits per heavy atom. The molecule has 21 aliphatic rings. The molecule has 21 rings (SSSR count). The lowest BCUT2D eigenvalue weighted by Gasteiger charge is -2.50. The predicted octanol–water partition coefficient (Wildman–Crippen LogP) is -13.4. The number of hydroxylamine groups is 3. The number of aliphatic hydroxyl groups excluding tert-OH is 20. The van der Waals surface area contributed by atoms with Crippen LogP contribution < -0.4 is 0 Å². The van der Waals surface area contributed by atoms with Crippen LogP contribution in [0.3, 0.4) is 0 Å². The quantitative estimate of drug-likeness (QED) is 0.0637. The zero-order valence-corrected chi connectivity index (χ0v) is 45.8. The first-order valence-corrected chi connectivity index (χ1v) is 27.7. The van der Waals surface area contributed by atoms with Crippen LogP contribution in [0.2, 0.25) is 0 Å². The molecule has 0 aromatic rings. The van der Waals surface area contributed by atoms with Gasteiger partial charge < -0.3 is 168 Å². The number of nitrogens with zero attached hydrogens (tertiary/aromatic N) is 1. The van der Waals surface area contributed by atoms with Gasteiger partial charge in [0, 0.05) is 0 Å². The normalized spacial score (nSPS) is 52.0. The number of rotatable bonds is 12. The lowest BCUT2D eigenvalue weighted by Crippen LogP contribution is -2.68. The number of unbranched alkanes of at least 4 members (excludes halogenated alkanes) is 1. The van der Waals surface area contributed by atoms with Gasteiger partial charge >= 0.3 is 0 Å². The van der Waals surface area contributed by atoms with E-state index in [0.29, 0.717) is 13.0 Å². The first kappa shape index (κ1) is 68.5. The van der Waals surface area contributed by atoms with E-state index >= 15 is 0 Å². The van der Waals surface area contributed by atoms with Crippen LogP contribution in [-0.2, 0) is 71.2 Å². The number of aliphatic hydroxyl groups is 20. The van der Waals surface area contributed by atoms with Crippen LogP contribution >= 0.6 is 0 Å². The van der Waals surface area contributed by atoms with E-state index in [1.807, 2.05) is 6.92 Å². The topological polar surface area (TPSA) is 543 Å². The molecule has 21 saturated heterocycles. The third kappa shape index (κ3) is 14.2. The van der Waals surface area contributed by atoms with Crippen molar-refractivity contribution in [3.8, 4) is 0 Å². The first-order chi connectivity index (χ1) is 39.9. The van der Waals surface area contributed by atoms with E-state index in [4.69, 9.17) is 71.2 Å². The Kier molecular flexibility index (Phi) is 23.8. The van der Waals surface area contributed by atoms with E-state index < -0.39 is 261 Å². The first-order valence-electron chi connectivity index (χ1n) is 27.7. The monoisotopic (exact) mass is 1230 g/mol. The minimum absolute atomic E-state index is 0.115. The van der Waals surface area contributed by atoms with Gasteiger partial charge in [0.05, 0.1) is 53.7 Å². The van der Waals surface area contributed by atoms with Gasteiger partial charge in [0.15, 0.2) is 44.0 Å². The standard InChI is InChI=1S/C48H84NO35/c1-4-5-6-49(2,3)70-13-20-41-27(62)34(69)48(77-20)83-40-19(12-55)75-46(32(67)25(40)60)81-38-17(10-53)73-44(30(65)23(38)58)79-36-15(8-51)71-42(28(63)21(36)56)78-35-14(7-50)72-43(29(64)22(35)57)80-37-16(9-52)74-45(31(66)24(37)59)82-39-18(11-54)76-47(84-41)33(68)26(39)61/h14-48,50-69H,4-13H2,1-3H3/q+1/t14-,15-,16-,17-,18-,19-,20-,21-,22-,23-,24-,25-,26-,27-,28-,29-,30+,31-,32+,33-,34-,35-,36-,37-,38-,39-,40-,41-,42-,43-,44-,45-,46-,47-,48-/m1/s1. The van der Waals surface area contributed by atoms with Gasteiger partial charge in [0.2, 0.25) is 0 Å². The van der Waals surface area contributed by atoms with E-state index in [2.05, 4.69) is 0 Å². The van der Waals surface area contributed by atoms with Crippen LogP contribution in [0, 0.1) is 0 Å². The predicted molar refractivity (Wildman–Crippen MR) is 259 cm³/mol. The van der Waals surface area contributed by atoms with Gasteiger partial charge in [0.1, 0.15) is 184 Å². The van der Waals surface area contributed by atoms with E-state index in [1.54, 1.807) is 14.1 Å². The van der Waals surface area contributed by atoms with Crippen molar-refractivity contribution < 1.29 is 178 Å². The summed E-state index contributed by atoms with van der Waals surface area (Å²) in [6, 6.07) is 0. The second kappa shape index (κ2) is 29.2. The van der Waals surface area contributed by atoms with Crippen LogP contribution in [0.5, 0.6) is 0 Å². The molecular weight excluding hydrogens is 1150 g/mol. The molecule has 0 aromatic carbocycles. The molecule has 0 aromatic heterocycles. The maximum atomic E-state index is 11.8. The van der Waals surface area contributed by atoms with Gasteiger partial charge in [-0.2, -0.15) is 4.65 Å². The molecule has 0 saturated carbocycles. The summed E-state index contributed by atoms with van der Waals surface area (Å²) < 4.78 is 81.2. The van der Waals surface area contributed by atoms with Crippen molar-refractivity contribution >= 4 is 0 Å². The summed E-state index contributed by atoms with van der Waals surface area (Å²) in [5.41, 5.74) is 0. The van der Waals surface area contributed by atoms with Crippen molar-refractivity contribution in [1.82, 2.24) is 0 Å². The van der Waals surface area contributed by atoms with Crippen molar-refractivity contribution in [3.63, 3.8) is 0 Å². The smallest absolute Gasteiger partial charge is 0.187 e. The van der Waals surface area contributed by atoms with E-state index in [0.717, 1.165) is 6.42 Å². The summed E-state index contributed by atoms with van der Waals surface area (Å²) in [6.45, 7) is -4.33. The maximum absolute atomic E-state index is 11.8. The highest BCUT2D eigenvalue weighted by molar-refractivity contribution is 5.02. The third-order valence-corrected chi connectivity index (χ3v) is 16.2. The molecule has 36 nitrogen and oxygen atoms in total. The van der Waals surface area contributed by atoms with E-state index in [1.165, 1.54) is 0 Å². The average Bonchev–Trinajstić information content (AvgIpc) is 1.82. The summed E-state index contributed by atoms with van der Waals surface area (Å²) in [5.74, 6) is 0. The Hall–Kier alpha value is -1.44. The Morgan fingerprint density at radius 3 is 0.631 bits per heavy atom. The summed E-state index contributed by atoms with van der Waals surface area (Å²) in [6.07, 6.45) is -68.1. The molecule has 84 heavy (non-hydrogen) atoms. The van der Waals surface area contributed by atoms with Gasteiger partial charge in [-0.05, 0) is 6.42 Å². The zero-order chi connectivity index (χ0) is 61.4. The summed E-state index contributed by atoms with van der Waals surface area (Å²) in [4.78, 5) is 6.14. The highest BCUT2D eigenvalue weighted by atomic mass is 16.8. The number of ether oxygens (including phenoxy) is 14.